The molecule has 4 aromatic carbocycles. The summed E-state index contributed by atoms with van der Waals surface area (Å²) >= 11 is 0. The van der Waals surface area contributed by atoms with Crippen LogP contribution in [0, 0.1) is 0 Å². The fourth-order valence-corrected chi connectivity index (χ4v) is 3.97. The Morgan fingerprint density at radius 3 is 1.09 bits per heavy atom. The molecule has 0 saturated carbocycles. The molecule has 0 N–H and O–H groups in total. The van der Waals surface area contributed by atoms with Crippen LogP contribution in [0.2, 0.25) is 0 Å². The molecule has 240 valence electrons. The van der Waals surface area contributed by atoms with Crippen molar-refractivity contribution in [2.24, 2.45) is 4.99 Å². The van der Waals surface area contributed by atoms with Gasteiger partial charge in [-0.05, 0) is 22.3 Å². The molecule has 12 nitrogen and oxygen atoms in total. The Kier molecular flexibility index (Phi) is 12.3. The van der Waals surface area contributed by atoms with E-state index in [1.807, 2.05) is 0 Å². The third-order valence-electron chi connectivity index (χ3n) is 6.27. The summed E-state index contributed by atoms with van der Waals surface area (Å²) in [6, 6.07) is 34.2. The minimum absolute atomic E-state index is 0.167. The Labute approximate surface area is 270 Å². The minimum atomic E-state index is -1.40. The molecule has 0 aliphatic carbocycles. The zero-order chi connectivity index (χ0) is 33.4. The van der Waals surface area contributed by atoms with Crippen molar-refractivity contribution in [3.63, 3.8) is 0 Å². The van der Waals surface area contributed by atoms with Crippen molar-refractivity contribution in [1.82, 2.24) is 9.80 Å². The van der Waals surface area contributed by atoms with E-state index in [9.17, 15) is 24.0 Å². The maximum atomic E-state index is 13.6. The second-order valence-corrected chi connectivity index (χ2v) is 9.76. The molecular weight excluding hydrogens is 606 g/mol. The number of nitrogens with zero attached hydrogens (tertiary/aromatic N) is 3. The fourth-order valence-electron chi connectivity index (χ4n) is 3.97. The molecule has 0 atom stereocenters. The summed E-state index contributed by atoms with van der Waals surface area (Å²) in [5.74, 6) is -2.11. The van der Waals surface area contributed by atoms with Crippen molar-refractivity contribution in [2.45, 2.75) is 33.4 Å². The van der Waals surface area contributed by atoms with Gasteiger partial charge in [-0.25, -0.2) is 19.2 Å². The van der Waals surface area contributed by atoms with Gasteiger partial charge in [0.15, 0.2) is 0 Å². The van der Waals surface area contributed by atoms with Crippen LogP contribution in [0.4, 0.5) is 19.2 Å². The van der Waals surface area contributed by atoms with Crippen LogP contribution in [-0.4, -0.2) is 46.0 Å². The number of carbonyl (C=O) groups excluding carboxylic acids is 5. The van der Waals surface area contributed by atoms with Crippen molar-refractivity contribution in [3.8, 4) is 0 Å². The van der Waals surface area contributed by atoms with Crippen molar-refractivity contribution in [1.29, 1.82) is 0 Å². The van der Waals surface area contributed by atoms with Gasteiger partial charge < -0.3 is 18.9 Å². The van der Waals surface area contributed by atoms with Crippen molar-refractivity contribution >= 4 is 36.2 Å². The first kappa shape index (κ1) is 33.6. The molecule has 0 heterocycles. The monoisotopic (exact) mass is 637 g/mol. The number of aliphatic imine (C=N–C) groups is 1. The van der Waals surface area contributed by atoms with E-state index in [-0.39, 0.29) is 36.2 Å². The molecule has 5 amide bonds. The molecule has 0 aromatic heterocycles. The molecule has 0 unspecified atom stereocenters. The predicted octanol–water partition coefficient (Wildman–Crippen LogP) is 6.84. The van der Waals surface area contributed by atoms with Crippen molar-refractivity contribution in [3.05, 3.63) is 144 Å². The molecule has 4 rings (SSSR count). The zero-order valence-electron chi connectivity index (χ0n) is 25.4. The lowest BCUT2D eigenvalue weighted by Crippen LogP contribution is -2.54. The first-order valence-corrected chi connectivity index (χ1v) is 14.3. The van der Waals surface area contributed by atoms with E-state index in [0.717, 1.165) is 6.92 Å². The molecule has 0 saturated heterocycles. The number of amides is 5. The second kappa shape index (κ2) is 17.3. The number of rotatable bonds is 8. The lowest BCUT2D eigenvalue weighted by molar-refractivity contribution is -0.124. The summed E-state index contributed by atoms with van der Waals surface area (Å²) in [5, 5.41) is 0. The molecule has 0 spiro atoms. The van der Waals surface area contributed by atoms with Crippen LogP contribution >= 0.6 is 0 Å². The van der Waals surface area contributed by atoms with Crippen LogP contribution in [0.5, 0.6) is 0 Å². The van der Waals surface area contributed by atoms with Gasteiger partial charge in [0.1, 0.15) is 26.4 Å². The Morgan fingerprint density at radius 1 is 0.468 bits per heavy atom. The summed E-state index contributed by atoms with van der Waals surface area (Å²) in [4.78, 5) is 70.7. The number of guanidine groups is 1. The van der Waals surface area contributed by atoms with Crippen LogP contribution in [0.15, 0.2) is 126 Å². The number of hydrogen-bond acceptors (Lipinski definition) is 9. The summed E-state index contributed by atoms with van der Waals surface area (Å²) in [6.45, 7) is -0.200. The maximum Gasteiger partial charge on any atom is 0.437 e. The molecule has 0 fully saturated rings. The molecule has 0 aliphatic rings. The SMILES string of the molecule is CC(=O)N(C(=O)OCc1ccccc1)/C(=N/C(=O)OCc1ccccc1)N(C(=O)OCc1ccccc1)C(=O)OCc1ccccc1. The molecule has 4 aromatic rings. The van der Waals surface area contributed by atoms with E-state index in [0.29, 0.717) is 22.3 Å². The van der Waals surface area contributed by atoms with Crippen LogP contribution in [0.25, 0.3) is 0 Å². The Morgan fingerprint density at radius 2 is 0.766 bits per heavy atom. The number of imide groups is 2. The van der Waals surface area contributed by atoms with E-state index < -0.39 is 36.2 Å². The first-order valence-electron chi connectivity index (χ1n) is 14.3. The Balaban J connectivity index is 1.69. The number of ether oxygens (including phenoxy) is 4. The highest BCUT2D eigenvalue weighted by atomic mass is 16.6. The van der Waals surface area contributed by atoms with E-state index in [2.05, 4.69) is 4.99 Å². The summed E-state index contributed by atoms with van der Waals surface area (Å²) < 4.78 is 21.2. The van der Waals surface area contributed by atoms with Gasteiger partial charge in [0.2, 0.25) is 11.9 Å². The molecule has 0 radical (unpaired) electrons. The van der Waals surface area contributed by atoms with Gasteiger partial charge in [-0.3, -0.25) is 4.79 Å². The van der Waals surface area contributed by atoms with Crippen molar-refractivity contribution < 1.29 is 42.9 Å². The lowest BCUT2D eigenvalue weighted by Gasteiger charge is -2.27. The van der Waals surface area contributed by atoms with E-state index >= 15 is 0 Å². The largest absolute Gasteiger partial charge is 0.444 e. The fraction of sp³-hybridized carbons (Fsp3) is 0.143. The van der Waals surface area contributed by atoms with Crippen molar-refractivity contribution in [2.75, 3.05) is 0 Å². The molecule has 47 heavy (non-hydrogen) atoms. The second-order valence-electron chi connectivity index (χ2n) is 9.76. The highest BCUT2D eigenvalue weighted by Gasteiger charge is 2.40. The van der Waals surface area contributed by atoms with Crippen LogP contribution < -0.4 is 0 Å². The van der Waals surface area contributed by atoms with Gasteiger partial charge in [-0.1, -0.05) is 121 Å². The van der Waals surface area contributed by atoms with Gasteiger partial charge in [0.25, 0.3) is 0 Å². The number of hydrogen-bond donors (Lipinski definition) is 0. The highest BCUT2D eigenvalue weighted by molar-refractivity contribution is 6.19. The third-order valence-corrected chi connectivity index (χ3v) is 6.27. The van der Waals surface area contributed by atoms with Gasteiger partial charge in [-0.15, -0.1) is 9.89 Å². The van der Waals surface area contributed by atoms with Gasteiger partial charge in [-0.2, -0.15) is 4.90 Å². The number of carbonyl (C=O) groups is 5. The lowest BCUT2D eigenvalue weighted by atomic mass is 10.2. The molecule has 12 heteroatoms. The van der Waals surface area contributed by atoms with E-state index in [1.165, 1.54) is 0 Å². The maximum absolute atomic E-state index is 13.6. The average molecular weight is 638 g/mol. The third kappa shape index (κ3) is 10.4. The average Bonchev–Trinajstić information content (AvgIpc) is 3.10. The van der Waals surface area contributed by atoms with Crippen LogP contribution in [0.1, 0.15) is 29.2 Å². The quantitative estimate of drug-likeness (QED) is 0.115. The Bertz CT molecular complexity index is 1630. The first-order chi connectivity index (χ1) is 22.8. The number of benzene rings is 4. The summed E-state index contributed by atoms with van der Waals surface area (Å²) in [6.07, 6.45) is -5.47. The summed E-state index contributed by atoms with van der Waals surface area (Å²) in [5.41, 5.74) is 2.30. The standard InChI is InChI=1S/C35H31N3O9/c1-26(39)37(33(41)45-23-28-16-8-3-9-17-28)31(36-32(40)44-22-27-14-6-2-7-15-27)38(34(42)46-24-29-18-10-4-11-19-29)35(43)47-25-30-20-12-5-13-21-30/h2-21H,22-25H2,1H3/b36-31-. The van der Waals surface area contributed by atoms with Gasteiger partial charge in [0.05, 0.1) is 0 Å². The van der Waals surface area contributed by atoms with E-state index in [4.69, 9.17) is 18.9 Å². The highest BCUT2D eigenvalue weighted by Crippen LogP contribution is 2.14. The molecular formula is C35H31N3O9. The molecule has 0 bridgehead atoms. The van der Waals surface area contributed by atoms with Gasteiger partial charge in [0, 0.05) is 6.92 Å². The smallest absolute Gasteiger partial charge is 0.437 e. The summed E-state index contributed by atoms with van der Waals surface area (Å²) in [7, 11) is 0. The zero-order valence-corrected chi connectivity index (χ0v) is 25.4. The topological polar surface area (TPSA) is 141 Å². The minimum Gasteiger partial charge on any atom is -0.444 e. The normalized spacial score (nSPS) is 10.7. The Hall–Kier alpha value is -6.30. The van der Waals surface area contributed by atoms with E-state index in [1.54, 1.807) is 121 Å². The van der Waals surface area contributed by atoms with Crippen LogP contribution in [0.3, 0.4) is 0 Å². The van der Waals surface area contributed by atoms with Crippen LogP contribution in [-0.2, 0) is 50.2 Å². The predicted molar refractivity (Wildman–Crippen MR) is 168 cm³/mol. The molecule has 0 aliphatic heterocycles. The van der Waals surface area contributed by atoms with Gasteiger partial charge >= 0.3 is 24.4 Å².